The molecule has 1 fully saturated rings. The molecule has 2 amide bonds. The molecule has 2 aliphatic rings. The Morgan fingerprint density at radius 2 is 2.23 bits per heavy atom. The molecule has 186 valence electrons. The number of hydrogen-bond donors (Lipinski definition) is 5. The Bertz CT molecular complexity index is 1290. The van der Waals surface area contributed by atoms with Gasteiger partial charge in [-0.05, 0) is 11.6 Å². The number of aliphatic carboxylic acids is 1. The predicted octanol–water partition coefficient (Wildman–Crippen LogP) is -1.41. The van der Waals surface area contributed by atoms with Crippen molar-refractivity contribution in [2.75, 3.05) is 25.2 Å². The fraction of sp³-hybridized carbons (Fsp3) is 0.368. The number of amides is 2. The third-order valence-electron chi connectivity index (χ3n) is 5.36. The number of carboxylic acid groups (broad SMARTS) is 1. The number of carbonyl (C=O) groups is 3. The number of carbonyl (C=O) groups excluding carboxylic acids is 2. The summed E-state index contributed by atoms with van der Waals surface area (Å²) in [6.45, 7) is 0.108. The van der Waals surface area contributed by atoms with Gasteiger partial charge < -0.3 is 26.1 Å². The van der Waals surface area contributed by atoms with E-state index >= 15 is 0 Å². The zero-order chi connectivity index (χ0) is 25.3. The van der Waals surface area contributed by atoms with Gasteiger partial charge in [0.15, 0.2) is 10.8 Å². The van der Waals surface area contributed by atoms with Gasteiger partial charge in [-0.25, -0.2) is 9.78 Å². The number of rotatable bonds is 9. The first-order valence-electron chi connectivity index (χ1n) is 10.2. The molecule has 4 rings (SSSR count). The van der Waals surface area contributed by atoms with Crippen LogP contribution in [0.25, 0.3) is 0 Å². The molecule has 6 N–H and O–H groups in total. The van der Waals surface area contributed by atoms with Crippen molar-refractivity contribution in [2.24, 2.45) is 5.16 Å². The van der Waals surface area contributed by atoms with Gasteiger partial charge in [0.25, 0.3) is 11.8 Å². The normalized spacial score (nSPS) is 19.9. The molecule has 0 bridgehead atoms. The molecule has 2 atom stereocenters. The highest BCUT2D eigenvalue weighted by Gasteiger charge is 2.54. The van der Waals surface area contributed by atoms with Crippen LogP contribution in [-0.4, -0.2) is 83.8 Å². The van der Waals surface area contributed by atoms with Gasteiger partial charge in [0.2, 0.25) is 0 Å². The average Bonchev–Trinajstić information content (AvgIpc) is 3.41. The lowest BCUT2D eigenvalue weighted by Crippen LogP contribution is -2.71. The molecule has 2 aromatic rings. The topological polar surface area (TPSA) is 201 Å². The summed E-state index contributed by atoms with van der Waals surface area (Å²) in [5, 5.41) is 34.5. The number of aliphatic hydroxyl groups excluding tert-OH is 1. The number of hydrogen-bond acceptors (Lipinski definition) is 11. The highest BCUT2D eigenvalue weighted by molar-refractivity contribution is 8.00. The molecular weight excluding hydrogens is 500 g/mol. The van der Waals surface area contributed by atoms with E-state index in [1.54, 1.807) is 10.9 Å². The van der Waals surface area contributed by atoms with E-state index in [1.165, 1.54) is 35.0 Å². The number of anilines is 1. The maximum atomic E-state index is 13.0. The molecule has 0 aliphatic carbocycles. The second-order valence-electron chi connectivity index (χ2n) is 7.46. The van der Waals surface area contributed by atoms with Crippen LogP contribution >= 0.6 is 23.1 Å². The largest absolute Gasteiger partial charge is 0.477 e. The number of aromatic nitrogens is 3. The van der Waals surface area contributed by atoms with Gasteiger partial charge in [0.05, 0.1) is 19.7 Å². The molecule has 0 saturated carbocycles. The maximum Gasteiger partial charge on any atom is 0.352 e. The Balaban J connectivity index is 1.55. The molecule has 16 heteroatoms. The number of aliphatic hydroxyl groups is 1. The lowest BCUT2D eigenvalue weighted by atomic mass is 10.0. The Labute approximate surface area is 206 Å². The van der Waals surface area contributed by atoms with E-state index in [0.717, 1.165) is 16.2 Å². The van der Waals surface area contributed by atoms with Crippen molar-refractivity contribution in [3.8, 4) is 0 Å². The predicted molar refractivity (Wildman–Crippen MR) is 125 cm³/mol. The van der Waals surface area contributed by atoms with Gasteiger partial charge in [-0.15, -0.1) is 23.1 Å². The summed E-state index contributed by atoms with van der Waals surface area (Å²) in [4.78, 5) is 47.8. The van der Waals surface area contributed by atoms with E-state index in [4.69, 9.17) is 16.0 Å². The standard InChI is InChI=1S/C19H22N8O6S2/c1-33-24-12(10-8-35-19(21)22-10)15(29)23-13-16(30)27-14(18(31)32)9(7-34-17(13)27)6-25-3-2-11(20)26(25)4-5-28/h2-3,8,13,17,20,28H,4-7H2,1H3,(H2,21,22)(H,23,29)(H,31,32)/b20-11?,24-12+/t13-,17-/m1/s1. The lowest BCUT2D eigenvalue weighted by molar-refractivity contribution is -0.150. The zero-order valence-corrected chi connectivity index (χ0v) is 20.0. The van der Waals surface area contributed by atoms with Gasteiger partial charge >= 0.3 is 5.97 Å². The first kappa shape index (κ1) is 24.5. The van der Waals surface area contributed by atoms with Crippen molar-refractivity contribution in [3.63, 3.8) is 0 Å². The number of carboxylic acids is 1. The lowest BCUT2D eigenvalue weighted by Gasteiger charge is -2.49. The Hall–Kier alpha value is -3.63. The van der Waals surface area contributed by atoms with Crippen LogP contribution < -0.4 is 16.5 Å². The van der Waals surface area contributed by atoms with Crippen LogP contribution in [0.2, 0.25) is 0 Å². The number of oxime groups is 1. The first-order chi connectivity index (χ1) is 16.8. The highest BCUT2D eigenvalue weighted by Crippen LogP contribution is 2.40. The second-order valence-corrected chi connectivity index (χ2v) is 9.45. The number of nitrogens with one attached hydrogen (secondary N) is 2. The van der Waals surface area contributed by atoms with E-state index in [2.05, 4.69) is 15.5 Å². The molecule has 0 aromatic carbocycles. The van der Waals surface area contributed by atoms with Crippen LogP contribution in [0.1, 0.15) is 5.69 Å². The third kappa shape index (κ3) is 4.54. The quantitative estimate of drug-likeness (QED) is 0.149. The first-order valence-corrected chi connectivity index (χ1v) is 12.1. The average molecular weight is 523 g/mol. The molecule has 2 aliphatic heterocycles. The van der Waals surface area contributed by atoms with Crippen molar-refractivity contribution in [3.05, 3.63) is 40.1 Å². The molecule has 2 aromatic heterocycles. The third-order valence-corrected chi connectivity index (χ3v) is 7.37. The molecular formula is C19H22N8O6S2. The second kappa shape index (κ2) is 9.93. The minimum Gasteiger partial charge on any atom is -0.477 e. The molecule has 0 unspecified atom stereocenters. The molecule has 0 spiro atoms. The fourth-order valence-electron chi connectivity index (χ4n) is 3.85. The SMILES string of the molecule is CO/N=C(/C(=O)N[C@@H]1C(=O)N2C(C(=O)O)=C(Cn3ccc(=N)n3CCO)CS[C@H]12)c1csc(N)n1. The fourth-order valence-corrected chi connectivity index (χ4v) is 5.73. The number of nitrogen functional groups attached to an aromatic ring is 1. The summed E-state index contributed by atoms with van der Waals surface area (Å²) in [5.41, 5.74) is 6.14. The van der Waals surface area contributed by atoms with Crippen molar-refractivity contribution >= 4 is 51.7 Å². The monoisotopic (exact) mass is 522 g/mol. The molecule has 35 heavy (non-hydrogen) atoms. The van der Waals surface area contributed by atoms with Gasteiger partial charge in [-0.3, -0.25) is 29.3 Å². The van der Waals surface area contributed by atoms with Crippen LogP contribution in [0.4, 0.5) is 5.13 Å². The number of nitrogens with two attached hydrogens (primary N) is 1. The Kier molecular flexibility index (Phi) is 6.95. The van der Waals surface area contributed by atoms with E-state index in [0.29, 0.717) is 5.57 Å². The van der Waals surface area contributed by atoms with Crippen LogP contribution in [-0.2, 0) is 32.3 Å². The van der Waals surface area contributed by atoms with Gasteiger partial charge in [0.1, 0.15) is 35.4 Å². The maximum absolute atomic E-state index is 13.0. The van der Waals surface area contributed by atoms with Crippen molar-refractivity contribution in [2.45, 2.75) is 24.5 Å². The van der Waals surface area contributed by atoms with Crippen LogP contribution in [0.3, 0.4) is 0 Å². The van der Waals surface area contributed by atoms with Crippen LogP contribution in [0.15, 0.2) is 34.1 Å². The number of thioether (sulfide) groups is 1. The zero-order valence-electron chi connectivity index (χ0n) is 18.4. The smallest absolute Gasteiger partial charge is 0.352 e. The van der Waals surface area contributed by atoms with E-state index in [-0.39, 0.29) is 53.2 Å². The molecule has 14 nitrogen and oxygen atoms in total. The molecule has 0 radical (unpaired) electrons. The van der Waals surface area contributed by atoms with Crippen molar-refractivity contribution in [1.29, 1.82) is 5.41 Å². The number of nitrogens with zero attached hydrogens (tertiary/aromatic N) is 5. The summed E-state index contributed by atoms with van der Waals surface area (Å²) in [6, 6.07) is 0.567. The van der Waals surface area contributed by atoms with E-state index < -0.39 is 29.2 Å². The summed E-state index contributed by atoms with van der Waals surface area (Å²) >= 11 is 2.43. The van der Waals surface area contributed by atoms with Crippen LogP contribution in [0.5, 0.6) is 0 Å². The summed E-state index contributed by atoms with van der Waals surface area (Å²) < 4.78 is 3.13. The minimum atomic E-state index is -1.27. The summed E-state index contributed by atoms with van der Waals surface area (Å²) in [6.07, 6.45) is 1.62. The number of thiazole rings is 1. The van der Waals surface area contributed by atoms with Gasteiger partial charge in [0, 0.05) is 17.3 Å². The Morgan fingerprint density at radius 1 is 1.46 bits per heavy atom. The van der Waals surface area contributed by atoms with Gasteiger partial charge in [-0.2, -0.15) is 0 Å². The summed E-state index contributed by atoms with van der Waals surface area (Å²) in [7, 11) is 1.26. The van der Waals surface area contributed by atoms with Crippen molar-refractivity contribution < 1.29 is 29.4 Å². The molecule has 1 saturated heterocycles. The van der Waals surface area contributed by atoms with E-state index in [9.17, 15) is 24.6 Å². The Morgan fingerprint density at radius 3 is 2.86 bits per heavy atom. The van der Waals surface area contributed by atoms with Crippen LogP contribution in [0, 0.1) is 5.41 Å². The molecule has 4 heterocycles. The minimum absolute atomic E-state index is 0.122. The van der Waals surface area contributed by atoms with Gasteiger partial charge in [-0.1, -0.05) is 5.16 Å². The van der Waals surface area contributed by atoms with Crippen molar-refractivity contribution in [1.82, 2.24) is 24.6 Å². The highest BCUT2D eigenvalue weighted by atomic mass is 32.2. The van der Waals surface area contributed by atoms with E-state index in [1.807, 2.05) is 0 Å². The number of fused-ring (bicyclic) bond motifs is 1. The number of β-lactam (4-membered cyclic amide) rings is 1. The summed E-state index contributed by atoms with van der Waals surface area (Å²) in [5.74, 6) is -2.26.